The summed E-state index contributed by atoms with van der Waals surface area (Å²) in [5.41, 5.74) is 17.2. The minimum atomic E-state index is -1.53. The van der Waals surface area contributed by atoms with Crippen molar-refractivity contribution < 1.29 is 34.2 Å². The fourth-order valence-corrected chi connectivity index (χ4v) is 4.16. The zero-order valence-corrected chi connectivity index (χ0v) is 20.6. The van der Waals surface area contributed by atoms with E-state index < -0.39 is 60.2 Å². The maximum absolute atomic E-state index is 13.6. The summed E-state index contributed by atoms with van der Waals surface area (Å²) in [5.74, 6) is -4.07. The average Bonchev–Trinajstić information content (AvgIpc) is 3.34. The number of phenols is 1. The zero-order valence-electron chi connectivity index (χ0n) is 20.6. The van der Waals surface area contributed by atoms with Gasteiger partial charge in [0.15, 0.2) is 0 Å². The van der Waals surface area contributed by atoms with Crippen LogP contribution in [0.2, 0.25) is 0 Å². The summed E-state index contributed by atoms with van der Waals surface area (Å²) in [6.45, 7) is 0.686. The summed E-state index contributed by atoms with van der Waals surface area (Å²) < 4.78 is 0. The zero-order chi connectivity index (χ0) is 27.5. The molecule has 1 aliphatic rings. The van der Waals surface area contributed by atoms with Crippen LogP contribution in [-0.2, 0) is 30.4 Å². The third-order valence-corrected chi connectivity index (χ3v) is 6.16. The Hall–Kier alpha value is -3.71. The molecule has 37 heavy (non-hydrogen) atoms. The van der Waals surface area contributed by atoms with Gasteiger partial charge in [0.1, 0.15) is 23.9 Å². The third-order valence-electron chi connectivity index (χ3n) is 6.16. The average molecular weight is 521 g/mol. The second-order valence-electron chi connectivity index (χ2n) is 9.08. The molecule has 1 aromatic carbocycles. The van der Waals surface area contributed by atoms with E-state index in [-0.39, 0.29) is 25.1 Å². The number of benzene rings is 1. The van der Waals surface area contributed by atoms with E-state index in [0.717, 1.165) is 0 Å². The lowest BCUT2D eigenvalue weighted by molar-refractivity contribution is -0.145. The van der Waals surface area contributed by atoms with Crippen LogP contribution in [0.3, 0.4) is 0 Å². The Balaban J connectivity index is 2.20. The SMILES string of the molecule is NCCCCC(N)C(=O)NC(Cc1ccc(O)cc1)C(=O)N1CCCC1C(=O)NC(CC(N)=O)C(=O)O. The van der Waals surface area contributed by atoms with E-state index >= 15 is 0 Å². The number of unbranched alkanes of at least 4 members (excludes halogenated alkanes) is 1. The Morgan fingerprint density at radius 1 is 1.05 bits per heavy atom. The fourth-order valence-electron chi connectivity index (χ4n) is 4.16. The number of nitrogens with zero attached hydrogens (tertiary/aromatic N) is 1. The van der Waals surface area contributed by atoms with E-state index in [1.165, 1.54) is 17.0 Å². The van der Waals surface area contributed by atoms with Crippen molar-refractivity contribution in [2.24, 2.45) is 17.2 Å². The number of likely N-dealkylation sites (tertiary alicyclic amines) is 1. The highest BCUT2D eigenvalue weighted by molar-refractivity contribution is 5.95. The number of hydrogen-bond acceptors (Lipinski definition) is 8. The molecule has 0 bridgehead atoms. The molecule has 1 heterocycles. The molecule has 0 saturated carbocycles. The molecule has 204 valence electrons. The van der Waals surface area contributed by atoms with Gasteiger partial charge in [-0.05, 0) is 49.9 Å². The molecular weight excluding hydrogens is 484 g/mol. The molecule has 1 aliphatic heterocycles. The van der Waals surface area contributed by atoms with Crippen LogP contribution in [0.15, 0.2) is 24.3 Å². The molecule has 13 nitrogen and oxygen atoms in total. The molecule has 0 aliphatic carbocycles. The Bertz CT molecular complexity index is 971. The lowest BCUT2D eigenvalue weighted by Crippen LogP contribution is -2.57. The number of carboxylic acid groups (broad SMARTS) is 1. The van der Waals surface area contributed by atoms with E-state index in [1.807, 2.05) is 0 Å². The standard InChI is InChI=1S/C24H36N6O7/c25-10-2-1-4-16(26)21(33)28-17(12-14-6-8-15(31)9-7-14)23(35)30-11-3-5-19(30)22(34)29-18(24(36)37)13-20(27)32/h6-9,16-19,31H,1-5,10-13,25-26H2,(H2,27,32)(H,28,33)(H,29,34)(H,36,37). The molecule has 13 heteroatoms. The molecule has 4 unspecified atom stereocenters. The van der Waals surface area contributed by atoms with Gasteiger partial charge in [0.05, 0.1) is 12.5 Å². The molecule has 1 aromatic rings. The molecular formula is C24H36N6O7. The Morgan fingerprint density at radius 3 is 2.32 bits per heavy atom. The van der Waals surface area contributed by atoms with E-state index in [9.17, 15) is 34.2 Å². The number of aliphatic carboxylic acids is 1. The highest BCUT2D eigenvalue weighted by Gasteiger charge is 2.39. The van der Waals surface area contributed by atoms with Crippen LogP contribution in [0.5, 0.6) is 5.75 Å². The molecule has 4 atom stereocenters. The second kappa shape index (κ2) is 14.1. The van der Waals surface area contributed by atoms with Crippen LogP contribution < -0.4 is 27.8 Å². The summed E-state index contributed by atoms with van der Waals surface area (Å²) in [4.78, 5) is 63.2. The largest absolute Gasteiger partial charge is 0.508 e. The van der Waals surface area contributed by atoms with Crippen molar-refractivity contribution in [2.75, 3.05) is 13.1 Å². The van der Waals surface area contributed by atoms with Crippen LogP contribution >= 0.6 is 0 Å². The molecule has 2 rings (SSSR count). The first-order valence-corrected chi connectivity index (χ1v) is 12.2. The van der Waals surface area contributed by atoms with Crippen LogP contribution in [-0.4, -0.2) is 82.0 Å². The molecule has 4 amide bonds. The number of carbonyl (C=O) groups is 5. The number of phenolic OH excluding ortho intramolecular Hbond substituents is 1. The minimum absolute atomic E-state index is 0.0396. The summed E-state index contributed by atoms with van der Waals surface area (Å²) in [7, 11) is 0. The first-order chi connectivity index (χ1) is 17.5. The van der Waals surface area contributed by atoms with Gasteiger partial charge in [-0.1, -0.05) is 18.6 Å². The Kier molecular flexibility index (Phi) is 11.3. The topological polar surface area (TPSA) is 231 Å². The number of carbonyl (C=O) groups excluding carboxylic acids is 4. The maximum Gasteiger partial charge on any atom is 0.326 e. The number of nitrogens with one attached hydrogen (secondary N) is 2. The molecule has 0 aromatic heterocycles. The van der Waals surface area contributed by atoms with E-state index in [2.05, 4.69) is 10.6 Å². The Morgan fingerprint density at radius 2 is 1.73 bits per heavy atom. The van der Waals surface area contributed by atoms with Crippen molar-refractivity contribution in [2.45, 2.75) is 69.1 Å². The van der Waals surface area contributed by atoms with Crippen molar-refractivity contribution in [3.63, 3.8) is 0 Å². The first-order valence-electron chi connectivity index (χ1n) is 12.2. The van der Waals surface area contributed by atoms with E-state index in [0.29, 0.717) is 37.8 Å². The lowest BCUT2D eigenvalue weighted by atomic mass is 10.0. The van der Waals surface area contributed by atoms with Gasteiger partial charge in [0, 0.05) is 13.0 Å². The van der Waals surface area contributed by atoms with Gasteiger partial charge in [0.25, 0.3) is 0 Å². The van der Waals surface area contributed by atoms with Gasteiger partial charge in [-0.2, -0.15) is 0 Å². The van der Waals surface area contributed by atoms with Crippen LogP contribution in [0, 0.1) is 0 Å². The van der Waals surface area contributed by atoms with Gasteiger partial charge in [-0.25, -0.2) is 4.79 Å². The summed E-state index contributed by atoms with van der Waals surface area (Å²) in [6, 6.07) is 1.69. The van der Waals surface area contributed by atoms with Crippen molar-refractivity contribution in [3.05, 3.63) is 29.8 Å². The number of hydrogen-bond donors (Lipinski definition) is 7. The van der Waals surface area contributed by atoms with Gasteiger partial charge in [-0.3, -0.25) is 19.2 Å². The number of nitrogens with two attached hydrogens (primary N) is 3. The summed E-state index contributed by atoms with van der Waals surface area (Å²) >= 11 is 0. The molecule has 1 fully saturated rings. The smallest absolute Gasteiger partial charge is 0.326 e. The van der Waals surface area contributed by atoms with Gasteiger partial charge in [-0.15, -0.1) is 0 Å². The van der Waals surface area contributed by atoms with E-state index in [1.54, 1.807) is 12.1 Å². The van der Waals surface area contributed by atoms with Gasteiger partial charge in [0.2, 0.25) is 23.6 Å². The van der Waals surface area contributed by atoms with Crippen molar-refractivity contribution >= 4 is 29.6 Å². The van der Waals surface area contributed by atoms with Crippen molar-refractivity contribution in [1.29, 1.82) is 0 Å². The van der Waals surface area contributed by atoms with Crippen LogP contribution in [0.4, 0.5) is 0 Å². The van der Waals surface area contributed by atoms with Gasteiger partial charge >= 0.3 is 5.97 Å². The number of carboxylic acids is 1. The first kappa shape index (κ1) is 29.5. The summed E-state index contributed by atoms with van der Waals surface area (Å²) in [6.07, 6.45) is 1.97. The highest BCUT2D eigenvalue weighted by Crippen LogP contribution is 2.21. The Labute approximate surface area is 214 Å². The monoisotopic (exact) mass is 520 g/mol. The number of primary amides is 1. The molecule has 0 radical (unpaired) electrons. The number of amides is 4. The number of rotatable bonds is 14. The molecule has 0 spiro atoms. The molecule has 10 N–H and O–H groups in total. The lowest BCUT2D eigenvalue weighted by Gasteiger charge is -2.30. The fraction of sp³-hybridized carbons (Fsp3) is 0.542. The summed E-state index contributed by atoms with van der Waals surface area (Å²) in [5, 5.41) is 23.8. The second-order valence-corrected chi connectivity index (χ2v) is 9.08. The predicted molar refractivity (Wildman–Crippen MR) is 133 cm³/mol. The quantitative estimate of drug-likeness (QED) is 0.138. The predicted octanol–water partition coefficient (Wildman–Crippen LogP) is -1.69. The number of aromatic hydroxyl groups is 1. The minimum Gasteiger partial charge on any atom is -0.508 e. The third kappa shape index (κ3) is 9.03. The maximum atomic E-state index is 13.6. The van der Waals surface area contributed by atoms with E-state index in [4.69, 9.17) is 17.2 Å². The normalized spacial score (nSPS) is 17.5. The van der Waals surface area contributed by atoms with Crippen molar-refractivity contribution in [1.82, 2.24) is 15.5 Å². The van der Waals surface area contributed by atoms with Gasteiger partial charge < -0.3 is 42.9 Å². The molecule has 1 saturated heterocycles. The van der Waals surface area contributed by atoms with Crippen LogP contribution in [0.25, 0.3) is 0 Å². The highest BCUT2D eigenvalue weighted by atomic mass is 16.4. The van der Waals surface area contributed by atoms with Crippen LogP contribution in [0.1, 0.15) is 44.1 Å². The van der Waals surface area contributed by atoms with Crippen molar-refractivity contribution in [3.8, 4) is 5.75 Å².